The van der Waals surface area contributed by atoms with E-state index in [9.17, 15) is 4.79 Å². The van der Waals surface area contributed by atoms with Gasteiger partial charge in [-0.25, -0.2) is 0 Å². The molecule has 1 saturated carbocycles. The van der Waals surface area contributed by atoms with Gasteiger partial charge in [-0.1, -0.05) is 31.4 Å². The quantitative estimate of drug-likeness (QED) is 0.838. The van der Waals surface area contributed by atoms with Crippen LogP contribution in [-0.4, -0.2) is 50.1 Å². The monoisotopic (exact) mass is 341 g/mol. The minimum absolute atomic E-state index is 0.257. The number of nitrogens with zero attached hydrogens (tertiary/aromatic N) is 3. The van der Waals surface area contributed by atoms with E-state index in [1.165, 1.54) is 50.9 Å². The maximum absolute atomic E-state index is 13.0. The number of hydrogen-bond donors (Lipinski definition) is 0. The topological polar surface area (TPSA) is 26.8 Å². The van der Waals surface area contributed by atoms with E-state index in [1.54, 1.807) is 0 Å². The van der Waals surface area contributed by atoms with E-state index < -0.39 is 0 Å². The molecule has 0 aromatic heterocycles. The van der Waals surface area contributed by atoms with E-state index in [-0.39, 0.29) is 5.92 Å². The second-order valence-corrected chi connectivity index (χ2v) is 7.85. The number of anilines is 2. The normalized spacial score (nSPS) is 22.2. The molecular weight excluding hydrogens is 310 g/mol. The molecule has 4 rings (SSSR count). The van der Waals surface area contributed by atoms with Crippen LogP contribution in [0.15, 0.2) is 24.3 Å². The summed E-state index contributed by atoms with van der Waals surface area (Å²) in [5, 5.41) is 0. The average molecular weight is 341 g/mol. The Morgan fingerprint density at radius 3 is 2.32 bits per heavy atom. The highest BCUT2D eigenvalue weighted by Gasteiger charge is 2.32. The molecule has 25 heavy (non-hydrogen) atoms. The molecule has 1 amide bonds. The Bertz CT molecular complexity index is 591. The predicted octanol–water partition coefficient (Wildman–Crippen LogP) is 3.52. The summed E-state index contributed by atoms with van der Waals surface area (Å²) in [5.74, 6) is 0.619. The predicted molar refractivity (Wildman–Crippen MR) is 103 cm³/mol. The second kappa shape index (κ2) is 7.77. The van der Waals surface area contributed by atoms with Crippen molar-refractivity contribution in [2.75, 3.05) is 49.1 Å². The Balaban J connectivity index is 1.45. The standard InChI is InChI=1S/C21H31N3O/c25-21(18-8-2-3-9-18)24-17-16-23(19-10-4-5-11-20(19)24)15-14-22-12-6-1-7-13-22/h4-5,10-11,18H,1-3,6-9,12-17H2. The zero-order chi connectivity index (χ0) is 17.1. The highest BCUT2D eigenvalue weighted by Crippen LogP contribution is 2.36. The van der Waals surface area contributed by atoms with E-state index in [0.29, 0.717) is 5.91 Å². The van der Waals surface area contributed by atoms with Gasteiger partial charge in [0.25, 0.3) is 0 Å². The summed E-state index contributed by atoms with van der Waals surface area (Å²) >= 11 is 0. The van der Waals surface area contributed by atoms with E-state index in [1.807, 2.05) is 0 Å². The molecule has 4 heteroatoms. The SMILES string of the molecule is O=C(C1CCCC1)N1CCN(CCN2CCCCC2)c2ccccc21. The van der Waals surface area contributed by atoms with Gasteiger partial charge < -0.3 is 14.7 Å². The largest absolute Gasteiger partial charge is 0.367 e. The van der Waals surface area contributed by atoms with Crippen molar-refractivity contribution in [1.82, 2.24) is 4.90 Å². The minimum atomic E-state index is 0.257. The van der Waals surface area contributed by atoms with Crippen molar-refractivity contribution in [3.8, 4) is 0 Å². The number of fused-ring (bicyclic) bond motifs is 1. The molecule has 0 radical (unpaired) electrons. The molecule has 0 bridgehead atoms. The summed E-state index contributed by atoms with van der Waals surface area (Å²) in [6.45, 7) is 6.52. The van der Waals surface area contributed by atoms with Gasteiger partial charge in [0.05, 0.1) is 11.4 Å². The molecule has 2 aliphatic heterocycles. The number of carbonyl (C=O) groups excluding carboxylic acids is 1. The molecule has 1 aliphatic carbocycles. The average Bonchev–Trinajstić information content (AvgIpc) is 3.21. The first kappa shape index (κ1) is 16.9. The molecule has 1 saturated heterocycles. The molecule has 2 fully saturated rings. The molecule has 0 atom stereocenters. The Morgan fingerprint density at radius 1 is 0.840 bits per heavy atom. The molecule has 2 heterocycles. The van der Waals surface area contributed by atoms with Crippen LogP contribution in [0.1, 0.15) is 44.9 Å². The summed E-state index contributed by atoms with van der Waals surface area (Å²) in [5.41, 5.74) is 2.38. The molecular formula is C21H31N3O. The zero-order valence-electron chi connectivity index (χ0n) is 15.3. The molecule has 4 nitrogen and oxygen atoms in total. The third-order valence-corrected chi connectivity index (χ3v) is 6.21. The van der Waals surface area contributed by atoms with Crippen LogP contribution in [0, 0.1) is 5.92 Å². The number of para-hydroxylation sites is 2. The number of likely N-dealkylation sites (tertiary alicyclic amines) is 1. The third kappa shape index (κ3) is 3.69. The van der Waals surface area contributed by atoms with Crippen LogP contribution in [0.5, 0.6) is 0 Å². The van der Waals surface area contributed by atoms with Crippen molar-refractivity contribution in [3.05, 3.63) is 24.3 Å². The van der Waals surface area contributed by atoms with Crippen LogP contribution in [-0.2, 0) is 4.79 Å². The fourth-order valence-electron chi connectivity index (χ4n) is 4.72. The van der Waals surface area contributed by atoms with Gasteiger partial charge in [0.2, 0.25) is 5.91 Å². The van der Waals surface area contributed by atoms with Crippen LogP contribution >= 0.6 is 0 Å². The third-order valence-electron chi connectivity index (χ3n) is 6.21. The van der Waals surface area contributed by atoms with E-state index in [2.05, 4.69) is 39.0 Å². The van der Waals surface area contributed by atoms with Crippen molar-refractivity contribution >= 4 is 17.3 Å². The summed E-state index contributed by atoms with van der Waals surface area (Å²) in [6.07, 6.45) is 8.68. The second-order valence-electron chi connectivity index (χ2n) is 7.85. The number of amides is 1. The zero-order valence-corrected chi connectivity index (χ0v) is 15.3. The van der Waals surface area contributed by atoms with Crippen molar-refractivity contribution < 1.29 is 4.79 Å². The molecule has 1 aromatic carbocycles. The minimum Gasteiger partial charge on any atom is -0.367 e. The van der Waals surface area contributed by atoms with Gasteiger partial charge in [0.15, 0.2) is 0 Å². The van der Waals surface area contributed by atoms with Crippen LogP contribution in [0.25, 0.3) is 0 Å². The van der Waals surface area contributed by atoms with Crippen LogP contribution < -0.4 is 9.80 Å². The summed E-state index contributed by atoms with van der Waals surface area (Å²) in [6, 6.07) is 8.51. The molecule has 0 spiro atoms. The van der Waals surface area contributed by atoms with Gasteiger partial charge in [0, 0.05) is 32.1 Å². The van der Waals surface area contributed by atoms with Crippen molar-refractivity contribution in [3.63, 3.8) is 0 Å². The number of carbonyl (C=O) groups is 1. The molecule has 0 N–H and O–H groups in total. The molecule has 3 aliphatic rings. The maximum atomic E-state index is 13.0. The number of hydrogen-bond acceptors (Lipinski definition) is 3. The maximum Gasteiger partial charge on any atom is 0.230 e. The van der Waals surface area contributed by atoms with E-state index in [4.69, 9.17) is 0 Å². The fourth-order valence-corrected chi connectivity index (χ4v) is 4.72. The van der Waals surface area contributed by atoms with Gasteiger partial charge >= 0.3 is 0 Å². The number of rotatable bonds is 4. The first-order chi connectivity index (χ1) is 12.3. The van der Waals surface area contributed by atoms with Crippen LogP contribution in [0.2, 0.25) is 0 Å². The van der Waals surface area contributed by atoms with Crippen LogP contribution in [0.4, 0.5) is 11.4 Å². The lowest BCUT2D eigenvalue weighted by Crippen LogP contribution is -2.48. The van der Waals surface area contributed by atoms with Crippen molar-refractivity contribution in [1.29, 1.82) is 0 Å². The smallest absolute Gasteiger partial charge is 0.230 e. The summed E-state index contributed by atoms with van der Waals surface area (Å²) < 4.78 is 0. The van der Waals surface area contributed by atoms with Crippen molar-refractivity contribution in [2.45, 2.75) is 44.9 Å². The fraction of sp³-hybridized carbons (Fsp3) is 0.667. The van der Waals surface area contributed by atoms with Gasteiger partial charge in [-0.05, 0) is 50.9 Å². The van der Waals surface area contributed by atoms with Gasteiger partial charge in [0.1, 0.15) is 0 Å². The summed E-state index contributed by atoms with van der Waals surface area (Å²) in [4.78, 5) is 20.1. The molecule has 0 unspecified atom stereocenters. The Hall–Kier alpha value is -1.55. The lowest BCUT2D eigenvalue weighted by molar-refractivity contribution is -0.122. The Kier molecular flexibility index (Phi) is 5.25. The Morgan fingerprint density at radius 2 is 1.56 bits per heavy atom. The first-order valence-electron chi connectivity index (χ1n) is 10.2. The first-order valence-corrected chi connectivity index (χ1v) is 10.2. The number of benzene rings is 1. The van der Waals surface area contributed by atoms with Gasteiger partial charge in [-0.2, -0.15) is 0 Å². The highest BCUT2D eigenvalue weighted by atomic mass is 16.2. The lowest BCUT2D eigenvalue weighted by Gasteiger charge is -2.39. The van der Waals surface area contributed by atoms with Crippen molar-refractivity contribution in [2.24, 2.45) is 5.92 Å². The van der Waals surface area contributed by atoms with Gasteiger partial charge in [-0.15, -0.1) is 0 Å². The van der Waals surface area contributed by atoms with E-state index >= 15 is 0 Å². The van der Waals surface area contributed by atoms with Crippen LogP contribution in [0.3, 0.4) is 0 Å². The summed E-state index contributed by atoms with van der Waals surface area (Å²) in [7, 11) is 0. The lowest BCUT2D eigenvalue weighted by atomic mass is 10.0. The highest BCUT2D eigenvalue weighted by molar-refractivity contribution is 5.99. The Labute approximate surface area is 151 Å². The van der Waals surface area contributed by atoms with E-state index in [0.717, 1.165) is 44.7 Å². The van der Waals surface area contributed by atoms with Gasteiger partial charge in [-0.3, -0.25) is 4.79 Å². The molecule has 136 valence electrons. The molecule has 1 aromatic rings. The number of piperidine rings is 1.